The van der Waals surface area contributed by atoms with Gasteiger partial charge < -0.3 is 10.2 Å². The van der Waals surface area contributed by atoms with Crippen molar-refractivity contribution < 1.29 is 14.6 Å². The summed E-state index contributed by atoms with van der Waals surface area (Å²) in [4.78, 5) is 1.86. The monoisotopic (exact) mass is 252 g/mol. The average Bonchev–Trinajstić information content (AvgIpc) is 2.38. The van der Waals surface area contributed by atoms with E-state index < -0.39 is 5.82 Å². The zero-order valence-corrected chi connectivity index (χ0v) is 10.1. The molecule has 2 N–H and O–H groups in total. The Bertz CT molecular complexity index is 418. The van der Waals surface area contributed by atoms with Crippen molar-refractivity contribution in [3.63, 3.8) is 0 Å². The van der Waals surface area contributed by atoms with Gasteiger partial charge in [-0.2, -0.15) is 5.26 Å². The highest BCUT2D eigenvalue weighted by Crippen LogP contribution is 2.12. The Morgan fingerprint density at radius 1 is 1.22 bits per heavy atom. The van der Waals surface area contributed by atoms with Crippen molar-refractivity contribution in [1.82, 2.24) is 4.90 Å². The fourth-order valence-corrected chi connectivity index (χ4v) is 1.69. The highest BCUT2D eigenvalue weighted by atomic mass is 19.1. The number of nitrogens with zero attached hydrogens (tertiary/aromatic N) is 2. The molecular formula is C13H17FN2O2. The van der Waals surface area contributed by atoms with Gasteiger partial charge in [0, 0.05) is 31.8 Å². The maximum absolute atomic E-state index is 13.7. The zero-order chi connectivity index (χ0) is 13.4. The molecule has 0 aliphatic rings. The summed E-state index contributed by atoms with van der Waals surface area (Å²) in [5.41, 5.74) is 0.778. The first kappa shape index (κ1) is 14.6. The summed E-state index contributed by atoms with van der Waals surface area (Å²) >= 11 is 0. The molecule has 0 spiro atoms. The molecule has 5 heteroatoms. The van der Waals surface area contributed by atoms with Crippen LogP contribution >= 0.6 is 0 Å². The van der Waals surface area contributed by atoms with Crippen LogP contribution in [0.15, 0.2) is 18.2 Å². The fourth-order valence-electron chi connectivity index (χ4n) is 1.69. The highest BCUT2D eigenvalue weighted by molar-refractivity contribution is 5.32. The van der Waals surface area contributed by atoms with E-state index in [4.69, 9.17) is 15.5 Å². The minimum absolute atomic E-state index is 0.0106. The Morgan fingerprint density at radius 3 is 2.56 bits per heavy atom. The number of nitriles is 1. The van der Waals surface area contributed by atoms with E-state index in [1.807, 2.05) is 11.0 Å². The Hall–Kier alpha value is -1.48. The van der Waals surface area contributed by atoms with Gasteiger partial charge in [-0.05, 0) is 18.6 Å². The molecule has 18 heavy (non-hydrogen) atoms. The van der Waals surface area contributed by atoms with E-state index in [9.17, 15) is 4.39 Å². The lowest BCUT2D eigenvalue weighted by Crippen LogP contribution is -2.28. The first-order valence-corrected chi connectivity index (χ1v) is 5.84. The van der Waals surface area contributed by atoms with Crippen LogP contribution in [0, 0.1) is 17.1 Å². The Balaban J connectivity index is 2.71. The van der Waals surface area contributed by atoms with Crippen LogP contribution < -0.4 is 0 Å². The van der Waals surface area contributed by atoms with Gasteiger partial charge in [0.15, 0.2) is 0 Å². The molecule has 98 valence electrons. The number of halogens is 1. The maximum Gasteiger partial charge on any atom is 0.129 e. The van der Waals surface area contributed by atoms with Gasteiger partial charge in [-0.1, -0.05) is 6.07 Å². The minimum Gasteiger partial charge on any atom is -0.396 e. The molecule has 0 heterocycles. The number of aliphatic hydroxyl groups excluding tert-OH is 2. The second-order valence-electron chi connectivity index (χ2n) is 3.99. The molecule has 1 aromatic carbocycles. The van der Waals surface area contributed by atoms with Crippen LogP contribution in [0.2, 0.25) is 0 Å². The van der Waals surface area contributed by atoms with Gasteiger partial charge >= 0.3 is 0 Å². The van der Waals surface area contributed by atoms with E-state index in [1.165, 1.54) is 6.07 Å². The molecule has 0 saturated carbocycles. The van der Waals surface area contributed by atoms with Crippen molar-refractivity contribution in [2.75, 3.05) is 26.3 Å². The van der Waals surface area contributed by atoms with Crippen LogP contribution in [0.4, 0.5) is 4.39 Å². The molecule has 1 rings (SSSR count). The lowest BCUT2D eigenvalue weighted by molar-refractivity contribution is 0.173. The van der Waals surface area contributed by atoms with Gasteiger partial charge in [-0.3, -0.25) is 4.90 Å². The predicted molar refractivity (Wildman–Crippen MR) is 65.2 cm³/mol. The number of hydrogen-bond donors (Lipinski definition) is 2. The summed E-state index contributed by atoms with van der Waals surface area (Å²) in [6, 6.07) is 6.24. The third-order valence-electron chi connectivity index (χ3n) is 2.62. The molecule has 0 radical (unpaired) electrons. The van der Waals surface area contributed by atoms with E-state index in [2.05, 4.69) is 0 Å². The van der Waals surface area contributed by atoms with Gasteiger partial charge in [0.1, 0.15) is 5.82 Å². The minimum atomic E-state index is -0.416. The maximum atomic E-state index is 13.7. The van der Waals surface area contributed by atoms with Crippen molar-refractivity contribution in [2.45, 2.75) is 13.0 Å². The molecule has 0 aliphatic heterocycles. The highest BCUT2D eigenvalue weighted by Gasteiger charge is 2.09. The summed E-state index contributed by atoms with van der Waals surface area (Å²) in [7, 11) is 0. The molecule has 0 bridgehead atoms. The smallest absolute Gasteiger partial charge is 0.129 e. The normalized spacial score (nSPS) is 10.6. The number of aliphatic hydroxyl groups is 2. The topological polar surface area (TPSA) is 67.5 Å². The lowest BCUT2D eigenvalue weighted by atomic mass is 10.1. The van der Waals surface area contributed by atoms with E-state index in [0.29, 0.717) is 37.2 Å². The molecule has 0 saturated heterocycles. The second-order valence-corrected chi connectivity index (χ2v) is 3.99. The molecule has 0 aliphatic carbocycles. The van der Waals surface area contributed by atoms with Crippen LogP contribution in [-0.2, 0) is 6.54 Å². The van der Waals surface area contributed by atoms with Crippen molar-refractivity contribution >= 4 is 0 Å². The summed E-state index contributed by atoms with van der Waals surface area (Å²) in [6.45, 7) is 1.44. The summed E-state index contributed by atoms with van der Waals surface area (Å²) in [5, 5.41) is 26.3. The summed E-state index contributed by atoms with van der Waals surface area (Å²) in [5.74, 6) is -0.416. The molecule has 0 unspecified atom stereocenters. The van der Waals surface area contributed by atoms with Crippen molar-refractivity contribution in [3.05, 3.63) is 35.1 Å². The Labute approximate surface area is 106 Å². The van der Waals surface area contributed by atoms with Crippen LogP contribution in [0.5, 0.6) is 0 Å². The van der Waals surface area contributed by atoms with Crippen LogP contribution in [0.25, 0.3) is 0 Å². The third kappa shape index (κ3) is 4.41. The van der Waals surface area contributed by atoms with E-state index in [1.54, 1.807) is 12.1 Å². The van der Waals surface area contributed by atoms with Crippen molar-refractivity contribution in [3.8, 4) is 6.07 Å². The van der Waals surface area contributed by atoms with Gasteiger partial charge in [0.25, 0.3) is 0 Å². The largest absolute Gasteiger partial charge is 0.396 e. The molecule has 0 fully saturated rings. The van der Waals surface area contributed by atoms with Crippen molar-refractivity contribution in [1.29, 1.82) is 5.26 Å². The quantitative estimate of drug-likeness (QED) is 0.755. The van der Waals surface area contributed by atoms with Gasteiger partial charge in [-0.15, -0.1) is 0 Å². The van der Waals surface area contributed by atoms with Crippen molar-refractivity contribution in [2.24, 2.45) is 0 Å². The molecule has 4 nitrogen and oxygen atoms in total. The Kier molecular flexibility index (Phi) is 6.29. The number of rotatable bonds is 7. The number of benzene rings is 1. The molecule has 0 amide bonds. The molecule has 0 atom stereocenters. The summed E-state index contributed by atoms with van der Waals surface area (Å²) in [6.07, 6.45) is 0.581. The second kappa shape index (κ2) is 7.77. The standard InChI is InChI=1S/C13H17FN2O2/c14-13-8-11(9-15)2-3-12(13)10-16(5-7-18)4-1-6-17/h2-3,8,17-18H,1,4-7,10H2. The lowest BCUT2D eigenvalue weighted by Gasteiger charge is -2.21. The summed E-state index contributed by atoms with van der Waals surface area (Å²) < 4.78 is 13.7. The predicted octanol–water partition coefficient (Wildman–Crippen LogP) is 0.874. The fraction of sp³-hybridized carbons (Fsp3) is 0.462. The van der Waals surface area contributed by atoms with Crippen LogP contribution in [0.3, 0.4) is 0 Å². The molecule has 1 aromatic rings. The van der Waals surface area contributed by atoms with E-state index in [-0.39, 0.29) is 13.2 Å². The van der Waals surface area contributed by atoms with E-state index >= 15 is 0 Å². The first-order valence-electron chi connectivity index (χ1n) is 5.84. The first-order chi connectivity index (χ1) is 8.71. The third-order valence-corrected chi connectivity index (χ3v) is 2.62. The zero-order valence-electron chi connectivity index (χ0n) is 10.1. The van der Waals surface area contributed by atoms with Gasteiger partial charge in [0.2, 0.25) is 0 Å². The Morgan fingerprint density at radius 2 is 2.00 bits per heavy atom. The van der Waals surface area contributed by atoms with Crippen LogP contribution in [0.1, 0.15) is 17.5 Å². The SMILES string of the molecule is N#Cc1ccc(CN(CCO)CCCO)c(F)c1. The molecular weight excluding hydrogens is 235 g/mol. The number of hydrogen-bond acceptors (Lipinski definition) is 4. The van der Waals surface area contributed by atoms with Gasteiger partial charge in [0.05, 0.1) is 18.2 Å². The van der Waals surface area contributed by atoms with Crippen LogP contribution in [-0.4, -0.2) is 41.4 Å². The van der Waals surface area contributed by atoms with E-state index in [0.717, 1.165) is 0 Å². The average molecular weight is 252 g/mol. The van der Waals surface area contributed by atoms with Gasteiger partial charge in [-0.25, -0.2) is 4.39 Å². The molecule has 0 aromatic heterocycles.